The molecule has 2 rings (SSSR count). The van der Waals surface area contributed by atoms with E-state index < -0.39 is 0 Å². The van der Waals surface area contributed by atoms with Gasteiger partial charge in [0.05, 0.1) is 12.5 Å². The predicted molar refractivity (Wildman–Crippen MR) is 73.1 cm³/mol. The van der Waals surface area contributed by atoms with Gasteiger partial charge >= 0.3 is 0 Å². The monoisotopic (exact) mass is 243 g/mol. The largest absolute Gasteiger partial charge is 0.301 e. The Kier molecular flexibility index (Phi) is 4.74. The minimum atomic E-state index is 0.259. The highest BCUT2D eigenvalue weighted by molar-refractivity contribution is 5.20. The predicted octanol–water partition coefficient (Wildman–Crippen LogP) is 2.28. The fourth-order valence-corrected chi connectivity index (χ4v) is 2.61. The molecule has 18 heavy (non-hydrogen) atoms. The van der Waals surface area contributed by atoms with Crippen molar-refractivity contribution in [3.05, 3.63) is 35.9 Å². The van der Waals surface area contributed by atoms with Crippen molar-refractivity contribution in [2.24, 2.45) is 0 Å². The van der Waals surface area contributed by atoms with Crippen molar-refractivity contribution in [2.45, 2.75) is 19.4 Å². The Morgan fingerprint density at radius 1 is 1.17 bits per heavy atom. The van der Waals surface area contributed by atoms with Gasteiger partial charge in [0.1, 0.15) is 0 Å². The van der Waals surface area contributed by atoms with E-state index in [1.807, 2.05) is 6.07 Å². The van der Waals surface area contributed by atoms with Crippen LogP contribution in [0.15, 0.2) is 30.3 Å². The lowest BCUT2D eigenvalue weighted by molar-refractivity contribution is 0.100. The van der Waals surface area contributed by atoms with Crippen LogP contribution in [0.5, 0.6) is 0 Å². The molecule has 1 unspecified atom stereocenters. The second-order valence-electron chi connectivity index (χ2n) is 4.76. The summed E-state index contributed by atoms with van der Waals surface area (Å²) in [7, 11) is 0. The molecule has 0 saturated carbocycles. The maximum atomic E-state index is 9.04. The van der Waals surface area contributed by atoms with Crippen LogP contribution < -0.4 is 0 Å². The van der Waals surface area contributed by atoms with Gasteiger partial charge in [-0.05, 0) is 12.1 Å². The van der Waals surface area contributed by atoms with Gasteiger partial charge in [0.25, 0.3) is 0 Å². The van der Waals surface area contributed by atoms with Gasteiger partial charge < -0.3 is 4.90 Å². The Morgan fingerprint density at radius 2 is 1.83 bits per heavy atom. The minimum Gasteiger partial charge on any atom is -0.301 e. The molecule has 1 aromatic carbocycles. The fraction of sp³-hybridized carbons (Fsp3) is 0.533. The van der Waals surface area contributed by atoms with Gasteiger partial charge in [-0.25, -0.2) is 0 Å². The highest BCUT2D eigenvalue weighted by Crippen LogP contribution is 2.24. The Bertz CT molecular complexity index is 388. The van der Waals surface area contributed by atoms with Crippen LogP contribution in [0.1, 0.15) is 24.9 Å². The summed E-state index contributed by atoms with van der Waals surface area (Å²) >= 11 is 0. The van der Waals surface area contributed by atoms with Crippen molar-refractivity contribution < 1.29 is 0 Å². The summed E-state index contributed by atoms with van der Waals surface area (Å²) in [6.07, 6.45) is 0.580. The molecule has 1 aliphatic rings. The molecule has 0 bridgehead atoms. The molecule has 3 heteroatoms. The molecule has 0 spiro atoms. The van der Waals surface area contributed by atoms with E-state index in [1.54, 1.807) is 0 Å². The van der Waals surface area contributed by atoms with Crippen molar-refractivity contribution in [3.8, 4) is 6.07 Å². The van der Waals surface area contributed by atoms with Gasteiger partial charge in [-0.15, -0.1) is 0 Å². The zero-order valence-corrected chi connectivity index (χ0v) is 11.0. The van der Waals surface area contributed by atoms with E-state index in [2.05, 4.69) is 47.1 Å². The summed E-state index contributed by atoms with van der Waals surface area (Å²) in [4.78, 5) is 4.91. The summed E-state index contributed by atoms with van der Waals surface area (Å²) in [5.74, 6) is 0. The van der Waals surface area contributed by atoms with E-state index in [1.165, 1.54) is 5.56 Å². The molecule has 1 fully saturated rings. The molecule has 1 saturated heterocycles. The standard InChI is InChI=1S/C15H21N3/c1-2-17-10-12-18(13-11-17)15(8-9-16)14-6-4-3-5-7-14/h3-7,15H,2,8,10-13H2,1H3. The molecule has 1 atom stereocenters. The maximum absolute atomic E-state index is 9.04. The summed E-state index contributed by atoms with van der Waals surface area (Å²) in [5, 5.41) is 9.04. The minimum absolute atomic E-state index is 0.259. The van der Waals surface area contributed by atoms with Gasteiger partial charge in [0.15, 0.2) is 0 Å². The van der Waals surface area contributed by atoms with Crippen LogP contribution in [-0.2, 0) is 0 Å². The number of benzene rings is 1. The molecule has 0 amide bonds. The Morgan fingerprint density at radius 3 is 2.39 bits per heavy atom. The van der Waals surface area contributed by atoms with Crippen LogP contribution in [0.25, 0.3) is 0 Å². The third-order valence-electron chi connectivity index (χ3n) is 3.76. The first-order chi connectivity index (χ1) is 8.85. The molecule has 3 nitrogen and oxygen atoms in total. The fourth-order valence-electron chi connectivity index (χ4n) is 2.61. The zero-order chi connectivity index (χ0) is 12.8. The van der Waals surface area contributed by atoms with Gasteiger partial charge in [-0.2, -0.15) is 5.26 Å². The number of hydrogen-bond donors (Lipinski definition) is 0. The van der Waals surface area contributed by atoms with E-state index in [0.29, 0.717) is 6.42 Å². The molecular weight excluding hydrogens is 222 g/mol. The van der Waals surface area contributed by atoms with Crippen LogP contribution >= 0.6 is 0 Å². The number of nitrogens with zero attached hydrogens (tertiary/aromatic N) is 3. The third kappa shape index (κ3) is 3.10. The quantitative estimate of drug-likeness (QED) is 0.812. The number of likely N-dealkylation sites (N-methyl/N-ethyl adjacent to an activating group) is 1. The van der Waals surface area contributed by atoms with Gasteiger partial charge in [0, 0.05) is 32.2 Å². The second-order valence-corrected chi connectivity index (χ2v) is 4.76. The number of piperazine rings is 1. The average Bonchev–Trinajstić information content (AvgIpc) is 2.46. The van der Waals surface area contributed by atoms with Crippen LogP contribution in [0, 0.1) is 11.3 Å². The molecule has 1 heterocycles. The number of nitriles is 1. The van der Waals surface area contributed by atoms with Gasteiger partial charge in [0.2, 0.25) is 0 Å². The van der Waals surface area contributed by atoms with Crippen molar-refractivity contribution in [1.29, 1.82) is 5.26 Å². The molecule has 96 valence electrons. The molecule has 0 N–H and O–H groups in total. The first-order valence-electron chi connectivity index (χ1n) is 6.73. The first-order valence-corrected chi connectivity index (χ1v) is 6.73. The van der Waals surface area contributed by atoms with Gasteiger partial charge in [-0.3, -0.25) is 4.90 Å². The molecule has 0 aliphatic carbocycles. The molecule has 0 aromatic heterocycles. The van der Waals surface area contributed by atoms with E-state index in [0.717, 1.165) is 32.7 Å². The summed E-state index contributed by atoms with van der Waals surface area (Å²) in [6.45, 7) is 7.70. The van der Waals surface area contributed by atoms with Crippen LogP contribution in [0.2, 0.25) is 0 Å². The number of hydrogen-bond acceptors (Lipinski definition) is 3. The SMILES string of the molecule is CCN1CCN(C(CC#N)c2ccccc2)CC1. The van der Waals surface area contributed by atoms with Crippen LogP contribution in [0.4, 0.5) is 0 Å². The second kappa shape index (κ2) is 6.53. The Labute approximate surface area is 110 Å². The van der Waals surface area contributed by atoms with E-state index in [9.17, 15) is 0 Å². The Hall–Kier alpha value is -1.37. The van der Waals surface area contributed by atoms with E-state index in [-0.39, 0.29) is 6.04 Å². The van der Waals surface area contributed by atoms with E-state index >= 15 is 0 Å². The average molecular weight is 243 g/mol. The smallest absolute Gasteiger partial charge is 0.0641 e. The highest BCUT2D eigenvalue weighted by atomic mass is 15.3. The summed E-state index contributed by atoms with van der Waals surface area (Å²) in [6, 6.07) is 13.0. The molecule has 1 aromatic rings. The van der Waals surface area contributed by atoms with Crippen molar-refractivity contribution in [1.82, 2.24) is 9.80 Å². The summed E-state index contributed by atoms with van der Waals surface area (Å²) in [5.41, 5.74) is 1.27. The van der Waals surface area contributed by atoms with Crippen molar-refractivity contribution >= 4 is 0 Å². The van der Waals surface area contributed by atoms with Crippen molar-refractivity contribution in [3.63, 3.8) is 0 Å². The first kappa shape index (κ1) is 13.1. The van der Waals surface area contributed by atoms with E-state index in [4.69, 9.17) is 5.26 Å². The molecule has 1 aliphatic heterocycles. The lowest BCUT2D eigenvalue weighted by atomic mass is 10.0. The van der Waals surface area contributed by atoms with Crippen molar-refractivity contribution in [2.75, 3.05) is 32.7 Å². The normalized spacial score (nSPS) is 19.3. The number of rotatable bonds is 4. The Balaban J connectivity index is 2.05. The lowest BCUT2D eigenvalue weighted by Crippen LogP contribution is -2.47. The van der Waals surface area contributed by atoms with Gasteiger partial charge in [-0.1, -0.05) is 37.3 Å². The maximum Gasteiger partial charge on any atom is 0.0641 e. The molecular formula is C15H21N3. The lowest BCUT2D eigenvalue weighted by Gasteiger charge is -2.38. The molecule has 0 radical (unpaired) electrons. The summed E-state index contributed by atoms with van der Waals surface area (Å²) < 4.78 is 0. The topological polar surface area (TPSA) is 30.3 Å². The highest BCUT2D eigenvalue weighted by Gasteiger charge is 2.24. The zero-order valence-electron chi connectivity index (χ0n) is 11.0. The van der Waals surface area contributed by atoms with Crippen LogP contribution in [-0.4, -0.2) is 42.5 Å². The third-order valence-corrected chi connectivity index (χ3v) is 3.76. The van der Waals surface area contributed by atoms with Crippen LogP contribution in [0.3, 0.4) is 0 Å².